The Morgan fingerprint density at radius 3 is 2.79 bits per heavy atom. The van der Waals surface area contributed by atoms with Gasteiger partial charge in [0.2, 0.25) is 5.91 Å². The van der Waals surface area contributed by atoms with Gasteiger partial charge >= 0.3 is 0 Å². The number of ether oxygens (including phenoxy) is 1. The van der Waals surface area contributed by atoms with Gasteiger partial charge in [0.05, 0.1) is 13.7 Å². The predicted molar refractivity (Wildman–Crippen MR) is 114 cm³/mol. The number of nitrogens with zero attached hydrogens (tertiary/aromatic N) is 2. The Bertz CT molecular complexity index is 716. The first-order valence-electron chi connectivity index (χ1n) is 10.8. The molecular formula is C22H34N4O3. The highest BCUT2D eigenvalue weighted by atomic mass is 16.5. The van der Waals surface area contributed by atoms with Crippen LogP contribution in [0.1, 0.15) is 51.0 Å². The van der Waals surface area contributed by atoms with E-state index < -0.39 is 0 Å². The molecule has 1 atom stereocenters. The maximum atomic E-state index is 12.8. The third-order valence-electron chi connectivity index (χ3n) is 5.83. The summed E-state index contributed by atoms with van der Waals surface area (Å²) in [7, 11) is 1.60. The number of amides is 1. The van der Waals surface area contributed by atoms with Gasteiger partial charge in [0.25, 0.3) is 0 Å². The number of aromatic hydroxyl groups is 1. The van der Waals surface area contributed by atoms with E-state index in [0.29, 0.717) is 29.7 Å². The zero-order valence-corrected chi connectivity index (χ0v) is 17.6. The van der Waals surface area contributed by atoms with E-state index in [0.717, 1.165) is 38.9 Å². The molecule has 1 amide bonds. The number of aliphatic imine (C=N–C) groups is 1. The van der Waals surface area contributed by atoms with E-state index in [-0.39, 0.29) is 17.7 Å². The van der Waals surface area contributed by atoms with E-state index in [1.165, 1.54) is 19.3 Å². The van der Waals surface area contributed by atoms with Gasteiger partial charge in [-0.3, -0.25) is 4.79 Å². The first-order valence-corrected chi connectivity index (χ1v) is 10.8. The molecule has 1 saturated carbocycles. The SMILES string of the molecule is CCNC(=NCc1cc(OC)ccc1O)NC1CCN(C(=O)C2CCCCC2)C1. The van der Waals surface area contributed by atoms with Crippen LogP contribution in [0.5, 0.6) is 11.5 Å². The van der Waals surface area contributed by atoms with Gasteiger partial charge in [0.15, 0.2) is 5.96 Å². The molecule has 0 aromatic heterocycles. The van der Waals surface area contributed by atoms with E-state index in [4.69, 9.17) is 4.74 Å². The highest BCUT2D eigenvalue weighted by Crippen LogP contribution is 2.27. The normalized spacial score (nSPS) is 20.6. The molecule has 0 spiro atoms. The number of guanidine groups is 1. The molecule has 1 aliphatic carbocycles. The summed E-state index contributed by atoms with van der Waals surface area (Å²) in [6.07, 6.45) is 6.64. The van der Waals surface area contributed by atoms with Crippen molar-refractivity contribution in [2.45, 2.75) is 58.0 Å². The molecule has 7 nitrogen and oxygen atoms in total. The minimum Gasteiger partial charge on any atom is -0.508 e. The number of hydrogen-bond acceptors (Lipinski definition) is 4. The largest absolute Gasteiger partial charge is 0.508 e. The van der Waals surface area contributed by atoms with Crippen LogP contribution in [0.15, 0.2) is 23.2 Å². The summed E-state index contributed by atoms with van der Waals surface area (Å²) in [5, 5.41) is 16.8. The first-order chi connectivity index (χ1) is 14.1. The molecule has 3 rings (SSSR count). The van der Waals surface area contributed by atoms with Gasteiger partial charge in [-0.15, -0.1) is 0 Å². The summed E-state index contributed by atoms with van der Waals surface area (Å²) in [4.78, 5) is 19.4. The van der Waals surface area contributed by atoms with Crippen molar-refractivity contribution < 1.29 is 14.6 Å². The summed E-state index contributed by atoms with van der Waals surface area (Å²) in [5.41, 5.74) is 0.710. The van der Waals surface area contributed by atoms with Crippen molar-refractivity contribution in [1.82, 2.24) is 15.5 Å². The highest BCUT2D eigenvalue weighted by molar-refractivity contribution is 5.81. The molecule has 0 radical (unpaired) electrons. The lowest BCUT2D eigenvalue weighted by Gasteiger charge is -2.26. The fraction of sp³-hybridized carbons (Fsp3) is 0.636. The zero-order valence-electron chi connectivity index (χ0n) is 17.6. The summed E-state index contributed by atoms with van der Waals surface area (Å²) in [5.74, 6) is 2.15. The number of phenolic OH excluding ortho intramolecular Hbond substituents is 1. The van der Waals surface area contributed by atoms with E-state index in [1.807, 2.05) is 11.8 Å². The van der Waals surface area contributed by atoms with Crippen molar-refractivity contribution >= 4 is 11.9 Å². The summed E-state index contributed by atoms with van der Waals surface area (Å²) >= 11 is 0. The number of rotatable bonds is 6. The van der Waals surface area contributed by atoms with Crippen molar-refractivity contribution in [1.29, 1.82) is 0 Å². The summed E-state index contributed by atoms with van der Waals surface area (Å²) in [6.45, 7) is 4.64. The van der Waals surface area contributed by atoms with Gasteiger partial charge in [-0.2, -0.15) is 0 Å². The van der Waals surface area contributed by atoms with Crippen molar-refractivity contribution in [2.75, 3.05) is 26.7 Å². The quantitative estimate of drug-likeness (QED) is 0.503. The number of benzene rings is 1. The number of phenols is 1. The monoisotopic (exact) mass is 402 g/mol. The average molecular weight is 403 g/mol. The van der Waals surface area contributed by atoms with Crippen molar-refractivity contribution in [3.8, 4) is 11.5 Å². The molecular weight excluding hydrogens is 368 g/mol. The topological polar surface area (TPSA) is 86.2 Å². The fourth-order valence-corrected chi connectivity index (χ4v) is 4.18. The highest BCUT2D eigenvalue weighted by Gasteiger charge is 2.31. The molecule has 1 aliphatic heterocycles. The van der Waals surface area contributed by atoms with Crippen LogP contribution in [0.25, 0.3) is 0 Å². The Morgan fingerprint density at radius 2 is 2.07 bits per heavy atom. The second-order valence-corrected chi connectivity index (χ2v) is 7.94. The Balaban J connectivity index is 1.57. The Kier molecular flexibility index (Phi) is 7.61. The molecule has 1 aromatic carbocycles. The van der Waals surface area contributed by atoms with Gasteiger partial charge in [-0.1, -0.05) is 19.3 Å². The van der Waals surface area contributed by atoms with E-state index in [1.54, 1.807) is 25.3 Å². The van der Waals surface area contributed by atoms with Crippen LogP contribution in [-0.4, -0.2) is 54.7 Å². The molecule has 1 heterocycles. The van der Waals surface area contributed by atoms with Crippen LogP contribution < -0.4 is 15.4 Å². The number of nitrogens with one attached hydrogen (secondary N) is 2. The van der Waals surface area contributed by atoms with Gasteiger partial charge in [-0.05, 0) is 44.4 Å². The van der Waals surface area contributed by atoms with Crippen LogP contribution in [0.2, 0.25) is 0 Å². The van der Waals surface area contributed by atoms with Gasteiger partial charge in [0, 0.05) is 37.2 Å². The Hall–Kier alpha value is -2.44. The lowest BCUT2D eigenvalue weighted by atomic mass is 9.88. The Morgan fingerprint density at radius 1 is 1.28 bits per heavy atom. The van der Waals surface area contributed by atoms with Crippen molar-refractivity contribution in [2.24, 2.45) is 10.9 Å². The molecule has 1 unspecified atom stereocenters. The number of methoxy groups -OCH3 is 1. The third-order valence-corrected chi connectivity index (χ3v) is 5.83. The number of likely N-dealkylation sites (tertiary alicyclic amines) is 1. The molecule has 2 aliphatic rings. The average Bonchev–Trinajstić information content (AvgIpc) is 3.21. The summed E-state index contributed by atoms with van der Waals surface area (Å²) in [6, 6.07) is 5.33. The molecule has 1 saturated heterocycles. The van der Waals surface area contributed by atoms with Crippen molar-refractivity contribution in [3.05, 3.63) is 23.8 Å². The molecule has 3 N–H and O–H groups in total. The zero-order chi connectivity index (χ0) is 20.6. The number of carbonyl (C=O) groups is 1. The van der Waals surface area contributed by atoms with Crippen molar-refractivity contribution in [3.63, 3.8) is 0 Å². The van der Waals surface area contributed by atoms with E-state index in [9.17, 15) is 9.90 Å². The van der Waals surface area contributed by atoms with Crippen LogP contribution in [0.3, 0.4) is 0 Å². The fourth-order valence-electron chi connectivity index (χ4n) is 4.18. The first kappa shape index (κ1) is 21.3. The molecule has 29 heavy (non-hydrogen) atoms. The maximum Gasteiger partial charge on any atom is 0.225 e. The lowest BCUT2D eigenvalue weighted by molar-refractivity contribution is -0.135. The minimum atomic E-state index is 0.194. The second kappa shape index (κ2) is 10.4. The van der Waals surface area contributed by atoms with E-state index >= 15 is 0 Å². The smallest absolute Gasteiger partial charge is 0.225 e. The van der Waals surface area contributed by atoms with Gasteiger partial charge < -0.3 is 25.4 Å². The summed E-state index contributed by atoms with van der Waals surface area (Å²) < 4.78 is 5.23. The van der Waals surface area contributed by atoms with Crippen LogP contribution >= 0.6 is 0 Å². The lowest BCUT2D eigenvalue weighted by Crippen LogP contribution is -2.45. The van der Waals surface area contributed by atoms with E-state index in [2.05, 4.69) is 15.6 Å². The maximum absolute atomic E-state index is 12.8. The standard InChI is InChI=1S/C22H34N4O3/c1-3-23-22(24-14-17-13-19(29-2)9-10-20(17)27)25-18-11-12-26(15-18)21(28)16-7-5-4-6-8-16/h9-10,13,16,18,27H,3-8,11-12,14-15H2,1-2H3,(H2,23,24,25). The molecule has 0 bridgehead atoms. The van der Waals surface area contributed by atoms with Gasteiger partial charge in [-0.25, -0.2) is 4.99 Å². The predicted octanol–water partition coefficient (Wildman–Crippen LogP) is 2.64. The van der Waals surface area contributed by atoms with Crippen LogP contribution in [0, 0.1) is 5.92 Å². The minimum absolute atomic E-state index is 0.194. The third kappa shape index (κ3) is 5.78. The molecule has 1 aromatic rings. The van der Waals surface area contributed by atoms with Crippen LogP contribution in [0.4, 0.5) is 0 Å². The second-order valence-electron chi connectivity index (χ2n) is 7.94. The number of hydrogen-bond donors (Lipinski definition) is 3. The van der Waals surface area contributed by atoms with Gasteiger partial charge in [0.1, 0.15) is 11.5 Å². The molecule has 7 heteroatoms. The van der Waals surface area contributed by atoms with Crippen LogP contribution in [-0.2, 0) is 11.3 Å². The molecule has 2 fully saturated rings. The molecule has 160 valence electrons. The number of carbonyl (C=O) groups excluding carboxylic acids is 1. The Labute approximate surface area is 173 Å².